The first-order chi connectivity index (χ1) is 12.7. The molecule has 0 radical (unpaired) electrons. The van der Waals surface area contributed by atoms with E-state index in [4.69, 9.17) is 0 Å². The third-order valence-corrected chi connectivity index (χ3v) is 4.60. The van der Waals surface area contributed by atoms with Crippen LogP contribution in [-0.4, -0.2) is 41.1 Å². The quantitative estimate of drug-likeness (QED) is 0.713. The maximum absolute atomic E-state index is 12.4. The molecule has 0 spiro atoms. The Bertz CT molecular complexity index is 770. The minimum atomic E-state index is -0.0975. The van der Waals surface area contributed by atoms with Gasteiger partial charge < -0.3 is 15.2 Å². The van der Waals surface area contributed by atoms with E-state index in [1.807, 2.05) is 31.2 Å². The van der Waals surface area contributed by atoms with Crippen LogP contribution < -0.4 is 15.5 Å². The number of carbonyl (C=O) groups excluding carboxylic acids is 2. The van der Waals surface area contributed by atoms with Gasteiger partial charge in [0.15, 0.2) is 0 Å². The van der Waals surface area contributed by atoms with Crippen LogP contribution in [0.15, 0.2) is 24.3 Å². The van der Waals surface area contributed by atoms with Crippen LogP contribution in [0.4, 0.5) is 10.7 Å². The van der Waals surface area contributed by atoms with Gasteiger partial charge in [-0.2, -0.15) is 0 Å². The summed E-state index contributed by atoms with van der Waals surface area (Å²) in [6.45, 7) is 4.83. The summed E-state index contributed by atoms with van der Waals surface area (Å²) in [5.74, 6) is 0.836. The Balaban J connectivity index is 1.40. The van der Waals surface area contributed by atoms with Crippen LogP contribution in [0.25, 0.3) is 11.0 Å². The fourth-order valence-corrected chi connectivity index (χ4v) is 3.21. The minimum absolute atomic E-state index is 0.0975. The molecule has 26 heavy (non-hydrogen) atoms. The van der Waals surface area contributed by atoms with Gasteiger partial charge in [0.2, 0.25) is 11.9 Å². The van der Waals surface area contributed by atoms with E-state index in [1.54, 1.807) is 4.90 Å². The molecule has 1 aromatic heterocycles. The van der Waals surface area contributed by atoms with E-state index in [1.165, 1.54) is 0 Å². The maximum Gasteiger partial charge on any atom is 0.324 e. The van der Waals surface area contributed by atoms with Crippen molar-refractivity contribution in [2.75, 3.05) is 24.5 Å². The van der Waals surface area contributed by atoms with Crippen molar-refractivity contribution in [1.29, 1.82) is 0 Å². The zero-order chi connectivity index (χ0) is 18.4. The van der Waals surface area contributed by atoms with Crippen LogP contribution in [0.1, 0.15) is 39.0 Å². The molecule has 0 atom stereocenters. The summed E-state index contributed by atoms with van der Waals surface area (Å²) in [6, 6.07) is 7.84. The monoisotopic (exact) mass is 357 g/mol. The molecule has 0 unspecified atom stereocenters. The van der Waals surface area contributed by atoms with E-state index in [2.05, 4.69) is 20.2 Å². The molecular weight excluding hydrogens is 330 g/mol. The number of unbranched alkanes of at least 4 members (excludes halogenated alkanes) is 2. The number of hydrogen-bond acceptors (Lipinski definition) is 3. The molecule has 2 aromatic rings. The van der Waals surface area contributed by atoms with Crippen LogP contribution >= 0.6 is 0 Å². The summed E-state index contributed by atoms with van der Waals surface area (Å²) in [6.07, 6.45) is 4.17. The molecule has 0 saturated carbocycles. The van der Waals surface area contributed by atoms with E-state index < -0.39 is 0 Å². The molecular formula is C19H27N5O2. The number of nitrogens with zero attached hydrogens (tertiary/aromatic N) is 3. The number of hydrogen-bond donors (Lipinski definition) is 2. The van der Waals surface area contributed by atoms with Gasteiger partial charge in [-0.05, 0) is 31.4 Å². The first-order valence-electron chi connectivity index (χ1n) is 9.48. The lowest BCUT2D eigenvalue weighted by molar-refractivity contribution is -0.121. The highest BCUT2D eigenvalue weighted by atomic mass is 16.2. The number of nitrogens with one attached hydrogen (secondary N) is 2. The number of amides is 3. The van der Waals surface area contributed by atoms with Gasteiger partial charge in [-0.3, -0.25) is 9.69 Å². The highest BCUT2D eigenvalue weighted by Crippen LogP contribution is 2.26. The van der Waals surface area contributed by atoms with Gasteiger partial charge in [0.1, 0.15) is 0 Å². The summed E-state index contributed by atoms with van der Waals surface area (Å²) < 4.78 is 2.09. The number of rotatable bonds is 8. The molecule has 2 N–H and O–H groups in total. The normalized spacial score (nSPS) is 13.0. The zero-order valence-electron chi connectivity index (χ0n) is 15.3. The lowest BCUT2D eigenvalue weighted by atomic mass is 10.2. The van der Waals surface area contributed by atoms with Crippen molar-refractivity contribution >= 4 is 28.9 Å². The van der Waals surface area contributed by atoms with Crippen molar-refractivity contribution in [3.63, 3.8) is 0 Å². The Morgan fingerprint density at radius 1 is 1.08 bits per heavy atom. The second-order valence-electron chi connectivity index (χ2n) is 6.60. The fraction of sp³-hybridized carbons (Fsp3) is 0.526. The summed E-state index contributed by atoms with van der Waals surface area (Å²) in [4.78, 5) is 30.2. The Kier molecular flexibility index (Phi) is 6.09. The number of urea groups is 1. The van der Waals surface area contributed by atoms with Gasteiger partial charge in [-0.15, -0.1) is 0 Å². The van der Waals surface area contributed by atoms with Gasteiger partial charge in [0.25, 0.3) is 0 Å². The van der Waals surface area contributed by atoms with Crippen LogP contribution in [0.5, 0.6) is 0 Å². The molecule has 7 heteroatoms. The second kappa shape index (κ2) is 8.69. The molecule has 1 aliphatic heterocycles. The number of aromatic nitrogens is 2. The molecule has 2 heterocycles. The Labute approximate surface area is 153 Å². The number of anilines is 1. The smallest absolute Gasteiger partial charge is 0.324 e. The van der Waals surface area contributed by atoms with Crippen LogP contribution in [0.3, 0.4) is 0 Å². The molecule has 3 rings (SSSR count). The van der Waals surface area contributed by atoms with E-state index in [9.17, 15) is 9.59 Å². The number of carbonyl (C=O) groups is 2. The summed E-state index contributed by atoms with van der Waals surface area (Å²) in [5, 5.41) is 5.84. The van der Waals surface area contributed by atoms with Crippen molar-refractivity contribution in [3.05, 3.63) is 24.3 Å². The summed E-state index contributed by atoms with van der Waals surface area (Å²) >= 11 is 0. The first-order valence-corrected chi connectivity index (χ1v) is 9.48. The topological polar surface area (TPSA) is 79.3 Å². The molecule has 7 nitrogen and oxygen atoms in total. The molecule has 1 aromatic carbocycles. The first kappa shape index (κ1) is 18.2. The number of imidazole rings is 1. The van der Waals surface area contributed by atoms with Gasteiger partial charge in [-0.1, -0.05) is 25.5 Å². The predicted octanol–water partition coefficient (Wildman–Crippen LogP) is 2.65. The predicted molar refractivity (Wildman–Crippen MR) is 102 cm³/mol. The van der Waals surface area contributed by atoms with E-state index in [0.717, 1.165) is 55.8 Å². The molecule has 0 aliphatic carbocycles. The lowest BCUT2D eigenvalue weighted by Crippen LogP contribution is -2.39. The number of para-hydroxylation sites is 2. The lowest BCUT2D eigenvalue weighted by Gasteiger charge is -2.15. The largest absolute Gasteiger partial charge is 0.356 e. The molecule has 0 bridgehead atoms. The zero-order valence-corrected chi connectivity index (χ0v) is 15.3. The van der Waals surface area contributed by atoms with E-state index >= 15 is 0 Å². The average Bonchev–Trinajstić information content (AvgIpc) is 3.21. The fourth-order valence-electron chi connectivity index (χ4n) is 3.21. The maximum atomic E-state index is 12.4. The number of benzene rings is 1. The summed E-state index contributed by atoms with van der Waals surface area (Å²) in [5.41, 5.74) is 1.99. The molecule has 3 amide bonds. The molecule has 1 aliphatic rings. The highest BCUT2D eigenvalue weighted by Gasteiger charge is 2.27. The highest BCUT2D eigenvalue weighted by molar-refractivity contribution is 5.93. The van der Waals surface area contributed by atoms with Gasteiger partial charge >= 0.3 is 6.03 Å². The van der Waals surface area contributed by atoms with Gasteiger partial charge in [0.05, 0.1) is 11.0 Å². The molecule has 140 valence electrons. The van der Waals surface area contributed by atoms with Crippen molar-refractivity contribution in [2.45, 2.75) is 45.6 Å². The van der Waals surface area contributed by atoms with Crippen molar-refractivity contribution in [1.82, 2.24) is 20.2 Å². The Morgan fingerprint density at radius 3 is 2.77 bits per heavy atom. The molecule has 0 fully saturated rings. The minimum Gasteiger partial charge on any atom is -0.356 e. The summed E-state index contributed by atoms with van der Waals surface area (Å²) in [7, 11) is 0. The Hall–Kier alpha value is -2.57. The van der Waals surface area contributed by atoms with Gasteiger partial charge in [0, 0.05) is 32.6 Å². The van der Waals surface area contributed by atoms with Crippen molar-refractivity contribution in [2.24, 2.45) is 0 Å². The van der Waals surface area contributed by atoms with Crippen molar-refractivity contribution in [3.8, 4) is 0 Å². The Morgan fingerprint density at radius 2 is 1.92 bits per heavy atom. The standard InChI is InChI=1S/C19H27N5O2/c1-2-11-20-17(25)10-4-3-7-12-21-19(26)24-14-13-23-16-9-6-5-8-15(16)22-18(23)24/h5-6,8-9H,2-4,7,10-14H2,1H3,(H,20,25)(H,21,26). The number of fused-ring (bicyclic) bond motifs is 3. The average molecular weight is 357 g/mol. The van der Waals surface area contributed by atoms with Crippen LogP contribution in [0.2, 0.25) is 0 Å². The van der Waals surface area contributed by atoms with Crippen molar-refractivity contribution < 1.29 is 9.59 Å². The van der Waals surface area contributed by atoms with E-state index in [-0.39, 0.29) is 11.9 Å². The third-order valence-electron chi connectivity index (χ3n) is 4.60. The molecule has 0 saturated heterocycles. The van der Waals surface area contributed by atoms with Crippen LogP contribution in [0, 0.1) is 0 Å². The SMILES string of the molecule is CCCNC(=O)CCCCCNC(=O)N1CCn2c1nc1ccccc12. The van der Waals surface area contributed by atoms with E-state index in [0.29, 0.717) is 19.5 Å². The third kappa shape index (κ3) is 4.15. The second-order valence-corrected chi connectivity index (χ2v) is 6.60. The van der Waals surface area contributed by atoms with Gasteiger partial charge in [-0.25, -0.2) is 9.78 Å². The van der Waals surface area contributed by atoms with Crippen LogP contribution in [-0.2, 0) is 11.3 Å².